The van der Waals surface area contributed by atoms with Crippen LogP contribution in [0.2, 0.25) is 5.02 Å². The molecule has 0 saturated carbocycles. The maximum absolute atomic E-state index is 13.9. The Morgan fingerprint density at radius 2 is 1.96 bits per heavy atom. The number of nitriles is 1. The Hall–Kier alpha value is -2.16. The summed E-state index contributed by atoms with van der Waals surface area (Å²) >= 11 is 5.81. The number of alkyl halides is 5. The van der Waals surface area contributed by atoms with E-state index in [1.807, 2.05) is 0 Å². The first kappa shape index (κ1) is 20.6. The predicted octanol–water partition coefficient (Wildman–Crippen LogP) is 3.91. The number of nitrogens with zero attached hydrogens (tertiary/aromatic N) is 2. The van der Waals surface area contributed by atoms with Crippen LogP contribution in [-0.4, -0.2) is 29.5 Å². The Balaban J connectivity index is 2.34. The normalized spacial score (nSPS) is 19.1. The molecule has 0 spiro atoms. The SMILES string of the molecule is N#Cc1cc(-n2cc(S(=O)(=O)C(F)(F)F)c3c2CCC(F)(F)[C@H]3O)ccc1Cl. The Kier molecular flexibility index (Phi) is 4.73. The second kappa shape index (κ2) is 6.43. The maximum atomic E-state index is 13.9. The molecule has 1 aliphatic carbocycles. The molecule has 1 aliphatic rings. The average Bonchev–Trinajstić information content (AvgIpc) is 2.98. The zero-order valence-electron chi connectivity index (χ0n) is 13.6. The number of hydrogen-bond donors (Lipinski definition) is 1. The molecule has 12 heteroatoms. The van der Waals surface area contributed by atoms with Gasteiger partial charge >= 0.3 is 5.51 Å². The van der Waals surface area contributed by atoms with E-state index in [1.165, 1.54) is 18.2 Å². The lowest BCUT2D eigenvalue weighted by atomic mass is 9.91. The standard InChI is InChI=1S/C16H10ClF5N2O3S/c17-10-2-1-9(5-8(10)6-23)24-7-12(28(26,27)16(20,21)22)13-11(24)3-4-15(18,19)14(13)25/h1-2,5,7,14,25H,3-4H2/t14-/m0/s1. The van der Waals surface area contributed by atoms with E-state index in [0.717, 1.165) is 4.57 Å². The average molecular weight is 441 g/mol. The molecule has 2 aromatic rings. The number of rotatable bonds is 2. The van der Waals surface area contributed by atoms with E-state index in [2.05, 4.69) is 0 Å². The van der Waals surface area contributed by atoms with Gasteiger partial charge in [0.15, 0.2) is 0 Å². The molecule has 0 saturated heterocycles. The van der Waals surface area contributed by atoms with Gasteiger partial charge in [-0.05, 0) is 24.6 Å². The molecule has 5 nitrogen and oxygen atoms in total. The van der Waals surface area contributed by atoms with E-state index in [0.29, 0.717) is 6.20 Å². The lowest BCUT2D eigenvalue weighted by molar-refractivity contribution is -0.123. The highest BCUT2D eigenvalue weighted by molar-refractivity contribution is 7.92. The molecule has 1 aromatic carbocycles. The third-order valence-corrected chi connectivity index (χ3v) is 6.27. The van der Waals surface area contributed by atoms with Gasteiger partial charge < -0.3 is 9.67 Å². The van der Waals surface area contributed by atoms with Crippen LogP contribution in [0.3, 0.4) is 0 Å². The van der Waals surface area contributed by atoms with Crippen molar-refractivity contribution < 1.29 is 35.5 Å². The van der Waals surface area contributed by atoms with Gasteiger partial charge in [-0.1, -0.05) is 11.6 Å². The van der Waals surface area contributed by atoms with Crippen LogP contribution in [0, 0.1) is 11.3 Å². The number of benzene rings is 1. The van der Waals surface area contributed by atoms with Crippen LogP contribution in [0.25, 0.3) is 5.69 Å². The molecule has 0 bridgehead atoms. The van der Waals surface area contributed by atoms with E-state index < -0.39 is 50.7 Å². The van der Waals surface area contributed by atoms with E-state index in [4.69, 9.17) is 16.9 Å². The Labute approximate surface area is 160 Å². The molecule has 1 heterocycles. The number of aromatic nitrogens is 1. The van der Waals surface area contributed by atoms with Crippen LogP contribution in [0.4, 0.5) is 22.0 Å². The number of halogens is 6. The highest BCUT2D eigenvalue weighted by Gasteiger charge is 2.54. The van der Waals surface area contributed by atoms with E-state index in [9.17, 15) is 35.5 Å². The van der Waals surface area contributed by atoms with Crippen molar-refractivity contribution in [3.8, 4) is 11.8 Å². The third kappa shape index (κ3) is 3.05. The van der Waals surface area contributed by atoms with Crippen LogP contribution in [0.1, 0.15) is 29.3 Å². The van der Waals surface area contributed by atoms with E-state index in [1.54, 1.807) is 6.07 Å². The molecule has 1 atom stereocenters. The summed E-state index contributed by atoms with van der Waals surface area (Å²) in [5.41, 5.74) is -6.98. The van der Waals surface area contributed by atoms with Crippen molar-refractivity contribution in [3.63, 3.8) is 0 Å². The van der Waals surface area contributed by atoms with Crippen LogP contribution >= 0.6 is 11.6 Å². The smallest absolute Gasteiger partial charge is 0.382 e. The third-order valence-electron chi connectivity index (χ3n) is 4.42. The fourth-order valence-electron chi connectivity index (χ4n) is 3.04. The summed E-state index contributed by atoms with van der Waals surface area (Å²) in [6, 6.07) is 5.47. The first-order valence-electron chi connectivity index (χ1n) is 7.62. The second-order valence-electron chi connectivity index (χ2n) is 6.11. The van der Waals surface area contributed by atoms with Crippen molar-refractivity contribution in [1.82, 2.24) is 4.57 Å². The van der Waals surface area contributed by atoms with Crippen molar-refractivity contribution in [2.45, 2.75) is 35.3 Å². The summed E-state index contributed by atoms with van der Waals surface area (Å²) in [6.45, 7) is 0. The van der Waals surface area contributed by atoms with Gasteiger partial charge in [-0.25, -0.2) is 17.2 Å². The lowest BCUT2D eigenvalue weighted by Crippen LogP contribution is -2.34. The number of fused-ring (bicyclic) bond motifs is 1. The van der Waals surface area contributed by atoms with Gasteiger partial charge in [-0.2, -0.15) is 18.4 Å². The topological polar surface area (TPSA) is 83.1 Å². The van der Waals surface area contributed by atoms with E-state index in [-0.39, 0.29) is 22.0 Å². The van der Waals surface area contributed by atoms with Gasteiger partial charge in [-0.3, -0.25) is 0 Å². The van der Waals surface area contributed by atoms with Crippen LogP contribution in [0.5, 0.6) is 0 Å². The quantitative estimate of drug-likeness (QED) is 0.718. The Morgan fingerprint density at radius 1 is 1.32 bits per heavy atom. The fourth-order valence-corrected chi connectivity index (χ4v) is 4.21. The largest absolute Gasteiger partial charge is 0.501 e. The number of aliphatic hydroxyl groups is 1. The van der Waals surface area contributed by atoms with Crippen LogP contribution in [-0.2, 0) is 16.3 Å². The summed E-state index contributed by atoms with van der Waals surface area (Å²) < 4.78 is 91.9. The van der Waals surface area contributed by atoms with Crippen LogP contribution < -0.4 is 0 Å². The highest BCUT2D eigenvalue weighted by Crippen LogP contribution is 2.47. The van der Waals surface area contributed by atoms with Crippen molar-refractivity contribution in [2.75, 3.05) is 0 Å². The zero-order chi connectivity index (χ0) is 21.1. The number of sulfone groups is 1. The van der Waals surface area contributed by atoms with Gasteiger partial charge in [0.2, 0.25) is 0 Å². The Bertz CT molecular complexity index is 1100. The van der Waals surface area contributed by atoms with Crippen molar-refractivity contribution in [3.05, 3.63) is 46.2 Å². The molecule has 0 amide bonds. The Morgan fingerprint density at radius 3 is 2.54 bits per heavy atom. The van der Waals surface area contributed by atoms with Crippen LogP contribution in [0.15, 0.2) is 29.3 Å². The van der Waals surface area contributed by atoms with Gasteiger partial charge in [0, 0.05) is 29.6 Å². The molecule has 0 unspecified atom stereocenters. The summed E-state index contributed by atoms with van der Waals surface area (Å²) in [7, 11) is -6.02. The van der Waals surface area contributed by atoms with E-state index >= 15 is 0 Å². The van der Waals surface area contributed by atoms with Gasteiger partial charge in [0.05, 0.1) is 10.6 Å². The number of hydrogen-bond acceptors (Lipinski definition) is 4. The minimum atomic E-state index is -6.02. The fraction of sp³-hybridized carbons (Fsp3) is 0.312. The summed E-state index contributed by atoms with van der Waals surface area (Å²) in [6.07, 6.45) is -3.58. The van der Waals surface area contributed by atoms with Crippen molar-refractivity contribution >= 4 is 21.4 Å². The van der Waals surface area contributed by atoms with Gasteiger partial charge in [0.25, 0.3) is 15.8 Å². The maximum Gasteiger partial charge on any atom is 0.501 e. The summed E-state index contributed by atoms with van der Waals surface area (Å²) in [4.78, 5) is -1.45. The van der Waals surface area contributed by atoms with Crippen molar-refractivity contribution in [1.29, 1.82) is 5.26 Å². The first-order chi connectivity index (χ1) is 12.8. The monoisotopic (exact) mass is 440 g/mol. The molecule has 1 aromatic heterocycles. The molecule has 3 rings (SSSR count). The molecule has 0 aliphatic heterocycles. The molecule has 0 fully saturated rings. The second-order valence-corrected chi connectivity index (χ2v) is 8.43. The summed E-state index contributed by atoms with van der Waals surface area (Å²) in [5.74, 6) is -3.80. The first-order valence-corrected chi connectivity index (χ1v) is 9.48. The molecule has 0 radical (unpaired) electrons. The van der Waals surface area contributed by atoms with Crippen molar-refractivity contribution in [2.24, 2.45) is 0 Å². The van der Waals surface area contributed by atoms with Gasteiger partial charge in [0.1, 0.15) is 17.1 Å². The number of aliphatic hydroxyl groups excluding tert-OH is 1. The lowest BCUT2D eigenvalue weighted by Gasteiger charge is -2.29. The zero-order valence-corrected chi connectivity index (χ0v) is 15.2. The molecule has 150 valence electrons. The minimum absolute atomic E-state index is 0.0400. The summed E-state index contributed by atoms with van der Waals surface area (Å²) in [5, 5.41) is 19.0. The molecular weight excluding hydrogens is 431 g/mol. The molecule has 1 N–H and O–H groups in total. The predicted molar refractivity (Wildman–Crippen MR) is 87.0 cm³/mol. The van der Waals surface area contributed by atoms with Gasteiger partial charge in [-0.15, -0.1) is 0 Å². The molecular formula is C16H10ClF5N2O3S. The minimum Gasteiger partial charge on any atom is -0.382 e. The highest BCUT2D eigenvalue weighted by atomic mass is 35.5. The molecule has 28 heavy (non-hydrogen) atoms.